The second kappa shape index (κ2) is 6.75. The van der Waals surface area contributed by atoms with Gasteiger partial charge in [0.2, 0.25) is 0 Å². The fourth-order valence-electron chi connectivity index (χ4n) is 3.19. The molecular weight excluding hydrogens is 210 g/mol. The van der Waals surface area contributed by atoms with Crippen molar-refractivity contribution in [1.82, 2.24) is 5.32 Å². The molecule has 100 valence electrons. The Kier molecular flexibility index (Phi) is 5.30. The molecule has 17 heavy (non-hydrogen) atoms. The van der Waals surface area contributed by atoms with Crippen LogP contribution in [-0.2, 0) is 4.74 Å². The van der Waals surface area contributed by atoms with Gasteiger partial charge in [-0.1, -0.05) is 32.6 Å². The largest absolute Gasteiger partial charge is 0.377 e. The van der Waals surface area contributed by atoms with Gasteiger partial charge < -0.3 is 10.1 Å². The second-order valence-electron chi connectivity index (χ2n) is 6.00. The predicted octanol–water partition coefficient (Wildman–Crippen LogP) is 3.36. The van der Waals surface area contributed by atoms with Gasteiger partial charge in [0.25, 0.3) is 0 Å². The van der Waals surface area contributed by atoms with E-state index >= 15 is 0 Å². The molecule has 0 heterocycles. The van der Waals surface area contributed by atoms with Crippen molar-refractivity contribution in [3.63, 3.8) is 0 Å². The third-order valence-electron chi connectivity index (χ3n) is 4.52. The average molecular weight is 239 g/mol. The zero-order chi connectivity index (χ0) is 12.1. The molecule has 2 fully saturated rings. The van der Waals surface area contributed by atoms with Crippen molar-refractivity contribution in [3.8, 4) is 0 Å². The SMILES string of the molecule is CCCC1CCC(NC)C(OCCC2CC2)C1. The molecule has 1 N–H and O–H groups in total. The topological polar surface area (TPSA) is 21.3 Å². The summed E-state index contributed by atoms with van der Waals surface area (Å²) >= 11 is 0. The quantitative estimate of drug-likeness (QED) is 0.735. The van der Waals surface area contributed by atoms with Crippen LogP contribution in [0.3, 0.4) is 0 Å². The second-order valence-corrected chi connectivity index (χ2v) is 6.00. The lowest BCUT2D eigenvalue weighted by Crippen LogP contribution is -2.44. The number of hydrogen-bond acceptors (Lipinski definition) is 2. The predicted molar refractivity (Wildman–Crippen MR) is 72.2 cm³/mol. The molecule has 0 bridgehead atoms. The van der Waals surface area contributed by atoms with E-state index in [4.69, 9.17) is 4.74 Å². The summed E-state index contributed by atoms with van der Waals surface area (Å²) in [7, 11) is 2.09. The highest BCUT2D eigenvalue weighted by Gasteiger charge is 2.30. The van der Waals surface area contributed by atoms with Crippen LogP contribution in [-0.4, -0.2) is 25.8 Å². The highest BCUT2D eigenvalue weighted by Crippen LogP contribution is 2.34. The first kappa shape index (κ1) is 13.4. The standard InChI is InChI=1S/C15H29NO/c1-3-4-13-7-8-14(16-2)15(11-13)17-10-9-12-5-6-12/h12-16H,3-11H2,1-2H3. The summed E-state index contributed by atoms with van der Waals surface area (Å²) in [5.74, 6) is 1.91. The lowest BCUT2D eigenvalue weighted by atomic mass is 9.81. The van der Waals surface area contributed by atoms with Crippen LogP contribution in [0.5, 0.6) is 0 Å². The third-order valence-corrected chi connectivity index (χ3v) is 4.52. The number of rotatable bonds is 7. The van der Waals surface area contributed by atoms with Crippen molar-refractivity contribution in [1.29, 1.82) is 0 Å². The van der Waals surface area contributed by atoms with Crippen LogP contribution < -0.4 is 5.32 Å². The van der Waals surface area contributed by atoms with Gasteiger partial charge >= 0.3 is 0 Å². The van der Waals surface area contributed by atoms with E-state index in [1.165, 1.54) is 51.4 Å². The molecule has 0 aromatic heterocycles. The average Bonchev–Trinajstić information content (AvgIpc) is 3.14. The van der Waals surface area contributed by atoms with Crippen LogP contribution in [0, 0.1) is 11.8 Å². The van der Waals surface area contributed by atoms with E-state index in [0.717, 1.165) is 18.4 Å². The molecule has 0 amide bonds. The summed E-state index contributed by atoms with van der Waals surface area (Å²) in [6, 6.07) is 0.599. The molecule has 0 aromatic carbocycles. The van der Waals surface area contributed by atoms with E-state index in [9.17, 15) is 0 Å². The van der Waals surface area contributed by atoms with Gasteiger partial charge in [0, 0.05) is 12.6 Å². The first-order valence-electron chi connectivity index (χ1n) is 7.62. The molecule has 2 aliphatic carbocycles. The molecule has 0 aliphatic heterocycles. The van der Waals surface area contributed by atoms with Crippen LogP contribution >= 0.6 is 0 Å². The minimum atomic E-state index is 0.476. The van der Waals surface area contributed by atoms with Crippen LogP contribution in [0.25, 0.3) is 0 Å². The number of ether oxygens (including phenoxy) is 1. The Balaban J connectivity index is 1.72. The Labute approximate surface area is 107 Å². The van der Waals surface area contributed by atoms with Crippen molar-refractivity contribution in [2.75, 3.05) is 13.7 Å². The third kappa shape index (κ3) is 4.26. The van der Waals surface area contributed by atoms with E-state index in [2.05, 4.69) is 19.3 Å². The Morgan fingerprint density at radius 1 is 1.06 bits per heavy atom. The number of hydrogen-bond donors (Lipinski definition) is 1. The first-order valence-corrected chi connectivity index (χ1v) is 7.62. The summed E-state index contributed by atoms with van der Waals surface area (Å²) in [6.07, 6.45) is 11.3. The maximum atomic E-state index is 6.15. The van der Waals surface area contributed by atoms with Crippen LogP contribution in [0.15, 0.2) is 0 Å². The Morgan fingerprint density at radius 2 is 1.82 bits per heavy atom. The van der Waals surface area contributed by atoms with Gasteiger partial charge in [0.15, 0.2) is 0 Å². The zero-order valence-corrected chi connectivity index (χ0v) is 11.6. The lowest BCUT2D eigenvalue weighted by molar-refractivity contribution is -0.0116. The van der Waals surface area contributed by atoms with Gasteiger partial charge in [-0.15, -0.1) is 0 Å². The zero-order valence-electron chi connectivity index (χ0n) is 11.6. The van der Waals surface area contributed by atoms with Crippen LogP contribution in [0.4, 0.5) is 0 Å². The highest BCUT2D eigenvalue weighted by atomic mass is 16.5. The van der Waals surface area contributed by atoms with Gasteiger partial charge in [0.1, 0.15) is 0 Å². The molecule has 2 aliphatic rings. The van der Waals surface area contributed by atoms with E-state index in [1.54, 1.807) is 0 Å². The monoisotopic (exact) mass is 239 g/mol. The Morgan fingerprint density at radius 3 is 2.47 bits per heavy atom. The van der Waals surface area contributed by atoms with Gasteiger partial charge in [-0.2, -0.15) is 0 Å². The van der Waals surface area contributed by atoms with Gasteiger partial charge in [-0.05, 0) is 44.6 Å². The van der Waals surface area contributed by atoms with Crippen molar-refractivity contribution < 1.29 is 4.74 Å². The molecule has 0 radical (unpaired) electrons. The summed E-state index contributed by atoms with van der Waals surface area (Å²) in [6.45, 7) is 3.29. The van der Waals surface area contributed by atoms with Crippen molar-refractivity contribution in [2.24, 2.45) is 11.8 Å². The molecule has 2 nitrogen and oxygen atoms in total. The van der Waals surface area contributed by atoms with Gasteiger partial charge in [0.05, 0.1) is 6.10 Å². The number of nitrogens with one attached hydrogen (secondary N) is 1. The molecule has 0 spiro atoms. The summed E-state index contributed by atoms with van der Waals surface area (Å²) in [5, 5.41) is 3.45. The fourth-order valence-corrected chi connectivity index (χ4v) is 3.19. The van der Waals surface area contributed by atoms with Crippen molar-refractivity contribution >= 4 is 0 Å². The molecule has 3 atom stereocenters. The van der Waals surface area contributed by atoms with Crippen molar-refractivity contribution in [2.45, 2.75) is 70.4 Å². The molecule has 0 saturated heterocycles. The van der Waals surface area contributed by atoms with E-state index in [-0.39, 0.29) is 0 Å². The van der Waals surface area contributed by atoms with Gasteiger partial charge in [-0.25, -0.2) is 0 Å². The fraction of sp³-hybridized carbons (Fsp3) is 1.00. The summed E-state index contributed by atoms with van der Waals surface area (Å²) in [4.78, 5) is 0. The minimum absolute atomic E-state index is 0.476. The van der Waals surface area contributed by atoms with Crippen molar-refractivity contribution in [3.05, 3.63) is 0 Å². The van der Waals surface area contributed by atoms with E-state index in [0.29, 0.717) is 12.1 Å². The first-order chi connectivity index (χ1) is 8.33. The van der Waals surface area contributed by atoms with Crippen LogP contribution in [0.1, 0.15) is 58.3 Å². The number of likely N-dealkylation sites (N-methyl/N-ethyl adjacent to an activating group) is 1. The molecular formula is C15H29NO. The summed E-state index contributed by atoms with van der Waals surface area (Å²) < 4.78 is 6.15. The van der Waals surface area contributed by atoms with Crippen LogP contribution in [0.2, 0.25) is 0 Å². The molecule has 2 saturated carbocycles. The molecule has 0 aromatic rings. The normalized spacial score (nSPS) is 33.9. The van der Waals surface area contributed by atoms with Gasteiger partial charge in [-0.3, -0.25) is 0 Å². The minimum Gasteiger partial charge on any atom is -0.377 e. The smallest absolute Gasteiger partial charge is 0.0730 e. The maximum Gasteiger partial charge on any atom is 0.0730 e. The molecule has 2 heteroatoms. The Hall–Kier alpha value is -0.0800. The molecule has 2 rings (SSSR count). The summed E-state index contributed by atoms with van der Waals surface area (Å²) in [5.41, 5.74) is 0. The Bertz CT molecular complexity index is 215. The maximum absolute atomic E-state index is 6.15. The van der Waals surface area contributed by atoms with E-state index < -0.39 is 0 Å². The highest BCUT2D eigenvalue weighted by molar-refractivity contribution is 4.85. The molecule has 3 unspecified atom stereocenters. The lowest BCUT2D eigenvalue weighted by Gasteiger charge is -2.36. The van der Waals surface area contributed by atoms with E-state index in [1.807, 2.05) is 0 Å².